The van der Waals surface area contributed by atoms with Gasteiger partial charge in [-0.2, -0.15) is 0 Å². The van der Waals surface area contributed by atoms with Crippen molar-refractivity contribution < 1.29 is 9.53 Å². The summed E-state index contributed by atoms with van der Waals surface area (Å²) < 4.78 is 5.84. The Hall–Kier alpha value is -1.55. The predicted octanol–water partition coefficient (Wildman–Crippen LogP) is 2.65. The highest BCUT2D eigenvalue weighted by Crippen LogP contribution is 2.27. The second kappa shape index (κ2) is 8.59. The molecule has 2 N–H and O–H groups in total. The maximum Gasteiger partial charge on any atom is 0.260 e. The normalized spacial score (nSPS) is 13.6. The minimum atomic E-state index is -0.491. The molecule has 0 bridgehead atoms. The van der Waals surface area contributed by atoms with Gasteiger partial charge in [0.15, 0.2) is 6.10 Å². The lowest BCUT2D eigenvalue weighted by atomic mass is 10.0. The maximum atomic E-state index is 11.8. The first-order valence-corrected chi connectivity index (χ1v) is 7.40. The van der Waals surface area contributed by atoms with E-state index < -0.39 is 6.10 Å². The van der Waals surface area contributed by atoms with Crippen LogP contribution in [0.2, 0.25) is 0 Å². The molecule has 0 saturated heterocycles. The SMILES string of the molecule is CCNC(=O)C(C)Oc1ccccc1C(CC)NCC. The molecule has 112 valence electrons. The Morgan fingerprint density at radius 1 is 1.20 bits per heavy atom. The van der Waals surface area contributed by atoms with Crippen molar-refractivity contribution in [3.63, 3.8) is 0 Å². The van der Waals surface area contributed by atoms with E-state index in [0.29, 0.717) is 6.54 Å². The summed E-state index contributed by atoms with van der Waals surface area (Å²) in [6.07, 6.45) is 0.485. The number of rotatable bonds is 8. The average Bonchev–Trinajstić information content (AvgIpc) is 2.46. The zero-order valence-electron chi connectivity index (χ0n) is 12.9. The van der Waals surface area contributed by atoms with E-state index in [1.54, 1.807) is 6.92 Å². The van der Waals surface area contributed by atoms with Crippen molar-refractivity contribution in [2.24, 2.45) is 0 Å². The molecule has 0 heterocycles. The van der Waals surface area contributed by atoms with Crippen molar-refractivity contribution in [1.29, 1.82) is 0 Å². The van der Waals surface area contributed by atoms with Crippen LogP contribution in [0, 0.1) is 0 Å². The van der Waals surface area contributed by atoms with Crippen LogP contribution < -0.4 is 15.4 Å². The van der Waals surface area contributed by atoms with Gasteiger partial charge in [0, 0.05) is 18.2 Å². The summed E-state index contributed by atoms with van der Waals surface area (Å²) in [6, 6.07) is 8.15. The Labute approximate surface area is 121 Å². The van der Waals surface area contributed by atoms with Crippen molar-refractivity contribution in [1.82, 2.24) is 10.6 Å². The Kier molecular flexibility index (Phi) is 7.09. The van der Waals surface area contributed by atoms with Gasteiger partial charge >= 0.3 is 0 Å². The fourth-order valence-electron chi connectivity index (χ4n) is 2.16. The molecule has 2 unspecified atom stereocenters. The number of hydrogen-bond acceptors (Lipinski definition) is 3. The van der Waals surface area contributed by atoms with E-state index in [4.69, 9.17) is 4.74 Å². The quantitative estimate of drug-likeness (QED) is 0.768. The molecule has 1 aromatic rings. The molecule has 0 saturated carbocycles. The number of likely N-dealkylation sites (N-methyl/N-ethyl adjacent to an activating group) is 1. The first kappa shape index (κ1) is 16.5. The fourth-order valence-corrected chi connectivity index (χ4v) is 2.16. The Bertz CT molecular complexity index is 421. The first-order valence-electron chi connectivity index (χ1n) is 7.40. The van der Waals surface area contributed by atoms with Gasteiger partial charge in [0.25, 0.3) is 5.91 Å². The molecular weight excluding hydrogens is 252 g/mol. The van der Waals surface area contributed by atoms with Gasteiger partial charge in [-0.25, -0.2) is 0 Å². The number of carbonyl (C=O) groups is 1. The minimum absolute atomic E-state index is 0.0844. The number of benzene rings is 1. The summed E-state index contributed by atoms with van der Waals surface area (Å²) in [5.74, 6) is 0.692. The molecular formula is C16H26N2O2. The lowest BCUT2D eigenvalue weighted by Gasteiger charge is -2.22. The van der Waals surface area contributed by atoms with Crippen LogP contribution in [0.5, 0.6) is 5.75 Å². The summed E-state index contributed by atoms with van der Waals surface area (Å²) in [7, 11) is 0. The number of ether oxygens (including phenoxy) is 1. The highest BCUT2D eigenvalue weighted by atomic mass is 16.5. The molecule has 0 aromatic heterocycles. The molecule has 1 aromatic carbocycles. The van der Waals surface area contributed by atoms with Crippen LogP contribution in [0.15, 0.2) is 24.3 Å². The van der Waals surface area contributed by atoms with Crippen LogP contribution in [0.1, 0.15) is 45.7 Å². The van der Waals surface area contributed by atoms with Gasteiger partial charge in [-0.1, -0.05) is 32.0 Å². The summed E-state index contributed by atoms with van der Waals surface area (Å²) in [5, 5.41) is 6.21. The van der Waals surface area contributed by atoms with E-state index in [2.05, 4.69) is 30.5 Å². The molecule has 0 spiro atoms. The second-order valence-electron chi connectivity index (χ2n) is 4.71. The zero-order chi connectivity index (χ0) is 15.0. The number of nitrogens with one attached hydrogen (secondary N) is 2. The van der Waals surface area contributed by atoms with E-state index in [-0.39, 0.29) is 11.9 Å². The fraction of sp³-hybridized carbons (Fsp3) is 0.562. The van der Waals surface area contributed by atoms with Crippen molar-refractivity contribution in [2.45, 2.75) is 46.3 Å². The number of hydrogen-bond donors (Lipinski definition) is 2. The molecule has 0 aliphatic rings. The summed E-state index contributed by atoms with van der Waals surface area (Å²) in [6.45, 7) is 9.41. The van der Waals surface area contributed by atoms with E-state index in [1.807, 2.05) is 25.1 Å². The van der Waals surface area contributed by atoms with Crippen molar-refractivity contribution in [3.8, 4) is 5.75 Å². The third kappa shape index (κ3) is 4.53. The predicted molar refractivity (Wildman–Crippen MR) is 81.9 cm³/mol. The topological polar surface area (TPSA) is 50.4 Å². The van der Waals surface area contributed by atoms with Crippen LogP contribution in [0.3, 0.4) is 0 Å². The number of amides is 1. The molecule has 0 aliphatic heterocycles. The van der Waals surface area contributed by atoms with E-state index in [9.17, 15) is 4.79 Å². The second-order valence-corrected chi connectivity index (χ2v) is 4.71. The van der Waals surface area contributed by atoms with E-state index >= 15 is 0 Å². The summed E-state index contributed by atoms with van der Waals surface area (Å²) in [5.41, 5.74) is 1.10. The standard InChI is InChI=1S/C16H26N2O2/c1-5-14(17-6-2)13-10-8-9-11-15(13)20-12(4)16(19)18-7-3/h8-12,14,17H,5-7H2,1-4H3,(H,18,19). The summed E-state index contributed by atoms with van der Waals surface area (Å²) in [4.78, 5) is 11.8. The van der Waals surface area contributed by atoms with Gasteiger partial charge in [0.2, 0.25) is 0 Å². The molecule has 0 aliphatic carbocycles. The lowest BCUT2D eigenvalue weighted by Crippen LogP contribution is -2.36. The van der Waals surface area contributed by atoms with Gasteiger partial charge in [0.1, 0.15) is 5.75 Å². The molecule has 4 nitrogen and oxygen atoms in total. The van der Waals surface area contributed by atoms with Gasteiger partial charge in [0.05, 0.1) is 0 Å². The minimum Gasteiger partial charge on any atom is -0.481 e. The maximum absolute atomic E-state index is 11.8. The van der Waals surface area contributed by atoms with Gasteiger partial charge < -0.3 is 15.4 Å². The molecule has 0 fully saturated rings. The molecule has 4 heteroatoms. The highest BCUT2D eigenvalue weighted by molar-refractivity contribution is 5.80. The zero-order valence-corrected chi connectivity index (χ0v) is 12.9. The Morgan fingerprint density at radius 2 is 1.90 bits per heavy atom. The van der Waals surface area contributed by atoms with Crippen molar-refractivity contribution in [3.05, 3.63) is 29.8 Å². The van der Waals surface area contributed by atoms with Gasteiger partial charge in [-0.3, -0.25) is 4.79 Å². The number of carbonyl (C=O) groups excluding carboxylic acids is 1. The van der Waals surface area contributed by atoms with Gasteiger partial charge in [-0.05, 0) is 32.9 Å². The van der Waals surface area contributed by atoms with Crippen LogP contribution in [-0.4, -0.2) is 25.1 Å². The van der Waals surface area contributed by atoms with Crippen LogP contribution in [0.4, 0.5) is 0 Å². The lowest BCUT2D eigenvalue weighted by molar-refractivity contribution is -0.127. The monoisotopic (exact) mass is 278 g/mol. The molecule has 20 heavy (non-hydrogen) atoms. The first-order chi connectivity index (χ1) is 9.63. The van der Waals surface area contributed by atoms with Crippen LogP contribution in [-0.2, 0) is 4.79 Å². The van der Waals surface area contributed by atoms with Crippen LogP contribution in [0.25, 0.3) is 0 Å². The summed E-state index contributed by atoms with van der Waals surface area (Å²) >= 11 is 0. The number of para-hydroxylation sites is 1. The third-order valence-electron chi connectivity index (χ3n) is 3.18. The molecule has 1 amide bonds. The Balaban J connectivity index is 2.87. The average molecular weight is 278 g/mol. The van der Waals surface area contributed by atoms with Crippen molar-refractivity contribution in [2.75, 3.05) is 13.1 Å². The van der Waals surface area contributed by atoms with Crippen molar-refractivity contribution >= 4 is 5.91 Å². The third-order valence-corrected chi connectivity index (χ3v) is 3.18. The van der Waals surface area contributed by atoms with Crippen LogP contribution >= 0.6 is 0 Å². The van der Waals surface area contributed by atoms with E-state index in [0.717, 1.165) is 24.3 Å². The largest absolute Gasteiger partial charge is 0.481 e. The highest BCUT2D eigenvalue weighted by Gasteiger charge is 2.18. The molecule has 2 atom stereocenters. The van der Waals surface area contributed by atoms with E-state index in [1.165, 1.54) is 0 Å². The Morgan fingerprint density at radius 3 is 2.50 bits per heavy atom. The molecule has 0 radical (unpaired) electrons. The van der Waals surface area contributed by atoms with Gasteiger partial charge in [-0.15, -0.1) is 0 Å². The smallest absolute Gasteiger partial charge is 0.260 e. The molecule has 1 rings (SSSR count).